The summed E-state index contributed by atoms with van der Waals surface area (Å²) in [5, 5.41) is 0. The van der Waals surface area contributed by atoms with Gasteiger partial charge in [0.2, 0.25) is 5.95 Å². The smallest absolute Gasteiger partial charge is 0.353 e. The maximum absolute atomic E-state index is 11.9. The molecule has 26 heavy (non-hydrogen) atoms. The zero-order chi connectivity index (χ0) is 18.6. The first-order chi connectivity index (χ1) is 12.4. The number of hydrogen-bond donors (Lipinski definition) is 3. The lowest BCUT2D eigenvalue weighted by molar-refractivity contribution is 0.136. The highest BCUT2D eigenvalue weighted by Crippen LogP contribution is 2.42. The van der Waals surface area contributed by atoms with Crippen molar-refractivity contribution in [3.05, 3.63) is 46.8 Å². The number of nitrogens with one attached hydrogen (secondary N) is 1. The van der Waals surface area contributed by atoms with Gasteiger partial charge >= 0.3 is 7.60 Å². The van der Waals surface area contributed by atoms with Gasteiger partial charge in [-0.3, -0.25) is 19.3 Å². The number of nitrogen functional groups attached to an aromatic ring is 1. The molecule has 0 bridgehead atoms. The van der Waals surface area contributed by atoms with Crippen molar-refractivity contribution >= 4 is 24.7 Å². The standard InChI is InChI=1S/C14H17N6O5P/c15-14-18-12-11(13(21)19-14)17-8-20(12)4-5-24-9-26(22,23)25-7-10-2-1-3-16-6-10/h1-3,6,8H,4-5,7,9H2,(H,22,23)(H3,15,18,19,21). The highest BCUT2D eigenvalue weighted by atomic mass is 31.2. The van der Waals surface area contributed by atoms with E-state index < -0.39 is 19.5 Å². The second kappa shape index (κ2) is 7.75. The van der Waals surface area contributed by atoms with Crippen molar-refractivity contribution in [2.24, 2.45) is 0 Å². The minimum absolute atomic E-state index is 0.0196. The maximum atomic E-state index is 11.9. The van der Waals surface area contributed by atoms with Crippen LogP contribution in [0.1, 0.15) is 5.56 Å². The first-order valence-corrected chi connectivity index (χ1v) is 9.34. The van der Waals surface area contributed by atoms with Crippen molar-refractivity contribution < 1.29 is 18.7 Å². The molecule has 0 radical (unpaired) electrons. The molecule has 3 heterocycles. The summed E-state index contributed by atoms with van der Waals surface area (Å²) in [6, 6.07) is 3.44. The Labute approximate surface area is 147 Å². The molecular formula is C14H17N6O5P. The minimum atomic E-state index is -3.89. The van der Waals surface area contributed by atoms with Crippen LogP contribution < -0.4 is 11.3 Å². The van der Waals surface area contributed by atoms with Crippen LogP contribution >= 0.6 is 7.60 Å². The molecule has 0 saturated heterocycles. The van der Waals surface area contributed by atoms with Crippen LogP contribution in [-0.4, -0.2) is 42.4 Å². The summed E-state index contributed by atoms with van der Waals surface area (Å²) in [5.74, 6) is -0.0196. The van der Waals surface area contributed by atoms with Gasteiger partial charge in [0.1, 0.15) is 6.35 Å². The lowest BCUT2D eigenvalue weighted by atomic mass is 10.3. The molecule has 1 atom stereocenters. The van der Waals surface area contributed by atoms with E-state index >= 15 is 0 Å². The summed E-state index contributed by atoms with van der Waals surface area (Å²) in [6.45, 7) is 0.332. The topological polar surface area (TPSA) is 158 Å². The number of ether oxygens (including phenoxy) is 1. The second-order valence-electron chi connectivity index (χ2n) is 5.37. The molecule has 3 rings (SSSR count). The Bertz CT molecular complexity index is 988. The Kier molecular flexibility index (Phi) is 5.43. The van der Waals surface area contributed by atoms with E-state index in [1.807, 2.05) is 0 Å². The van der Waals surface area contributed by atoms with Gasteiger partial charge < -0.3 is 24.5 Å². The lowest BCUT2D eigenvalue weighted by Crippen LogP contribution is -2.13. The highest BCUT2D eigenvalue weighted by Gasteiger charge is 2.20. The van der Waals surface area contributed by atoms with Gasteiger partial charge in [0.15, 0.2) is 11.2 Å². The van der Waals surface area contributed by atoms with E-state index in [4.69, 9.17) is 15.0 Å². The van der Waals surface area contributed by atoms with E-state index in [-0.39, 0.29) is 31.2 Å². The SMILES string of the molecule is Nc1nc2c(ncn2CCOCP(=O)(O)OCc2cccnc2)c(=O)[nH]1. The Morgan fingerprint density at radius 1 is 1.42 bits per heavy atom. The molecule has 0 aromatic carbocycles. The third-order valence-corrected chi connectivity index (χ3v) is 4.42. The number of pyridine rings is 1. The number of rotatable bonds is 8. The molecule has 138 valence electrons. The normalized spacial score (nSPS) is 13.7. The predicted molar refractivity (Wildman–Crippen MR) is 92.2 cm³/mol. The molecule has 12 heteroatoms. The molecule has 0 saturated carbocycles. The molecular weight excluding hydrogens is 363 g/mol. The second-order valence-corrected chi connectivity index (χ2v) is 7.16. The number of aromatic nitrogens is 5. The van der Waals surface area contributed by atoms with Crippen molar-refractivity contribution in [2.75, 3.05) is 18.7 Å². The third kappa shape index (κ3) is 4.52. The fourth-order valence-corrected chi connectivity index (χ4v) is 2.96. The summed E-state index contributed by atoms with van der Waals surface area (Å²) in [6.07, 6.45) is 4.11. The van der Waals surface area contributed by atoms with Gasteiger partial charge in [0.05, 0.1) is 19.5 Å². The Hall–Kier alpha value is -2.59. The Morgan fingerprint density at radius 2 is 2.27 bits per heavy atom. The number of H-pyrrole nitrogens is 1. The van der Waals surface area contributed by atoms with E-state index in [9.17, 15) is 14.3 Å². The average Bonchev–Trinajstić information content (AvgIpc) is 3.01. The van der Waals surface area contributed by atoms with E-state index in [2.05, 4.69) is 19.9 Å². The Balaban J connectivity index is 1.51. The van der Waals surface area contributed by atoms with Gasteiger partial charge in [0.25, 0.3) is 5.56 Å². The third-order valence-electron chi connectivity index (χ3n) is 3.38. The number of nitrogens with two attached hydrogens (primary N) is 1. The van der Waals surface area contributed by atoms with Crippen LogP contribution in [0.25, 0.3) is 11.2 Å². The first-order valence-electron chi connectivity index (χ1n) is 7.58. The van der Waals surface area contributed by atoms with Crippen LogP contribution in [-0.2, 0) is 27.0 Å². The monoisotopic (exact) mass is 380 g/mol. The van der Waals surface area contributed by atoms with Gasteiger partial charge in [-0.05, 0) is 11.6 Å². The summed E-state index contributed by atoms with van der Waals surface area (Å²) in [5.41, 5.74) is 6.24. The molecule has 1 unspecified atom stereocenters. The molecule has 4 N–H and O–H groups in total. The summed E-state index contributed by atoms with van der Waals surface area (Å²) in [4.78, 5) is 35.7. The largest absolute Gasteiger partial charge is 0.369 e. The minimum Gasteiger partial charge on any atom is -0.369 e. The van der Waals surface area contributed by atoms with E-state index in [0.29, 0.717) is 11.2 Å². The number of imidazole rings is 1. The fraction of sp³-hybridized carbons (Fsp3) is 0.286. The molecule has 0 aliphatic carbocycles. The molecule has 0 amide bonds. The molecule has 3 aromatic rings. The number of hydrogen-bond acceptors (Lipinski definition) is 8. The van der Waals surface area contributed by atoms with Crippen LogP contribution in [0.15, 0.2) is 35.6 Å². The molecule has 11 nitrogen and oxygen atoms in total. The van der Waals surface area contributed by atoms with Crippen LogP contribution in [0.3, 0.4) is 0 Å². The van der Waals surface area contributed by atoms with Gasteiger partial charge in [-0.2, -0.15) is 4.98 Å². The summed E-state index contributed by atoms with van der Waals surface area (Å²) in [7, 11) is -3.89. The van der Waals surface area contributed by atoms with Crippen LogP contribution in [0, 0.1) is 0 Å². The maximum Gasteiger partial charge on any atom is 0.353 e. The molecule has 0 aliphatic heterocycles. The zero-order valence-electron chi connectivity index (χ0n) is 13.6. The van der Waals surface area contributed by atoms with E-state index in [1.54, 1.807) is 29.1 Å². The molecule has 0 fully saturated rings. The summed E-state index contributed by atoms with van der Waals surface area (Å²) >= 11 is 0. The molecule has 3 aromatic heterocycles. The van der Waals surface area contributed by atoms with Crippen molar-refractivity contribution in [1.82, 2.24) is 24.5 Å². The van der Waals surface area contributed by atoms with Gasteiger partial charge in [0, 0.05) is 18.9 Å². The average molecular weight is 380 g/mol. The highest BCUT2D eigenvalue weighted by molar-refractivity contribution is 7.52. The van der Waals surface area contributed by atoms with Crippen molar-refractivity contribution in [3.8, 4) is 0 Å². The zero-order valence-corrected chi connectivity index (χ0v) is 14.5. The number of anilines is 1. The van der Waals surface area contributed by atoms with Gasteiger partial charge in [-0.1, -0.05) is 6.07 Å². The predicted octanol–water partition coefficient (Wildman–Crippen LogP) is 0.473. The van der Waals surface area contributed by atoms with Gasteiger partial charge in [-0.15, -0.1) is 0 Å². The van der Waals surface area contributed by atoms with Crippen molar-refractivity contribution in [2.45, 2.75) is 13.2 Å². The quantitative estimate of drug-likeness (QED) is 0.373. The molecule has 0 spiro atoms. The van der Waals surface area contributed by atoms with Crippen LogP contribution in [0.5, 0.6) is 0 Å². The first kappa shape index (κ1) is 18.2. The summed E-state index contributed by atoms with van der Waals surface area (Å²) < 4.78 is 23.7. The number of aromatic amines is 1. The van der Waals surface area contributed by atoms with Crippen molar-refractivity contribution in [3.63, 3.8) is 0 Å². The molecule has 0 aliphatic rings. The van der Waals surface area contributed by atoms with E-state index in [1.165, 1.54) is 6.33 Å². The number of nitrogens with zero attached hydrogens (tertiary/aromatic N) is 4. The lowest BCUT2D eigenvalue weighted by Gasteiger charge is -2.12. The van der Waals surface area contributed by atoms with Gasteiger partial charge in [-0.25, -0.2) is 4.98 Å². The van der Waals surface area contributed by atoms with E-state index in [0.717, 1.165) is 0 Å². The Morgan fingerprint density at radius 3 is 3.04 bits per heavy atom. The van der Waals surface area contributed by atoms with Crippen LogP contribution in [0.2, 0.25) is 0 Å². The van der Waals surface area contributed by atoms with Crippen molar-refractivity contribution in [1.29, 1.82) is 0 Å². The number of fused-ring (bicyclic) bond motifs is 1. The fourth-order valence-electron chi connectivity index (χ4n) is 2.17. The van der Waals surface area contributed by atoms with Crippen LogP contribution in [0.4, 0.5) is 5.95 Å².